The van der Waals surface area contributed by atoms with Gasteiger partial charge in [0.25, 0.3) is 5.91 Å². The molecule has 0 fully saturated rings. The van der Waals surface area contributed by atoms with Crippen molar-refractivity contribution in [3.8, 4) is 17.2 Å². The number of hydrogen-bond donors (Lipinski definition) is 2. The lowest BCUT2D eigenvalue weighted by Crippen LogP contribution is -2.17. The molecule has 0 aliphatic heterocycles. The van der Waals surface area contributed by atoms with E-state index < -0.39 is 5.91 Å². The summed E-state index contributed by atoms with van der Waals surface area (Å²) in [5.41, 5.74) is 1.40. The van der Waals surface area contributed by atoms with Crippen LogP contribution in [0.15, 0.2) is 52.9 Å². The van der Waals surface area contributed by atoms with Crippen molar-refractivity contribution in [2.24, 2.45) is 0 Å². The molecular formula is C19H18N4O4. The molecule has 0 bridgehead atoms. The number of anilines is 2. The van der Waals surface area contributed by atoms with Gasteiger partial charge in [0.05, 0.1) is 18.4 Å². The van der Waals surface area contributed by atoms with Gasteiger partial charge in [-0.05, 0) is 36.4 Å². The second-order valence-electron chi connectivity index (χ2n) is 5.54. The Hall–Kier alpha value is -3.68. The predicted molar refractivity (Wildman–Crippen MR) is 99.6 cm³/mol. The average molecular weight is 366 g/mol. The van der Waals surface area contributed by atoms with Gasteiger partial charge >= 0.3 is 6.01 Å². The van der Waals surface area contributed by atoms with E-state index in [-0.39, 0.29) is 17.8 Å². The van der Waals surface area contributed by atoms with Crippen LogP contribution in [-0.4, -0.2) is 29.1 Å². The fourth-order valence-electron chi connectivity index (χ4n) is 2.32. The lowest BCUT2D eigenvalue weighted by atomic mass is 10.1. The van der Waals surface area contributed by atoms with Crippen LogP contribution >= 0.6 is 0 Å². The summed E-state index contributed by atoms with van der Waals surface area (Å²) < 4.78 is 10.6. The molecule has 0 saturated heterocycles. The summed E-state index contributed by atoms with van der Waals surface area (Å²) in [6.07, 6.45) is 0.310. The SMILES string of the molecule is CCC(=O)Nc1ccccc1C(=O)Nc1nnc(-c2ccc(OC)cc2)o1. The summed E-state index contributed by atoms with van der Waals surface area (Å²) in [6, 6.07) is 13.7. The van der Waals surface area contributed by atoms with Gasteiger partial charge in [0.15, 0.2) is 0 Å². The van der Waals surface area contributed by atoms with E-state index in [1.165, 1.54) is 0 Å². The van der Waals surface area contributed by atoms with Crippen molar-refractivity contribution < 1.29 is 18.7 Å². The predicted octanol–water partition coefficient (Wildman–Crippen LogP) is 3.35. The molecule has 1 heterocycles. The van der Waals surface area contributed by atoms with Gasteiger partial charge < -0.3 is 14.5 Å². The Labute approximate surface area is 155 Å². The number of rotatable bonds is 6. The number of amides is 2. The van der Waals surface area contributed by atoms with E-state index in [1.807, 2.05) is 0 Å². The molecule has 1 aromatic heterocycles. The lowest BCUT2D eigenvalue weighted by Gasteiger charge is -2.09. The number of methoxy groups -OCH3 is 1. The molecule has 27 heavy (non-hydrogen) atoms. The Morgan fingerprint density at radius 2 is 1.78 bits per heavy atom. The Morgan fingerprint density at radius 3 is 2.48 bits per heavy atom. The largest absolute Gasteiger partial charge is 0.497 e. The molecule has 0 aliphatic carbocycles. The fourth-order valence-corrected chi connectivity index (χ4v) is 2.32. The number of carbonyl (C=O) groups excluding carboxylic acids is 2. The van der Waals surface area contributed by atoms with Crippen LogP contribution in [0.4, 0.5) is 11.7 Å². The van der Waals surface area contributed by atoms with Gasteiger partial charge in [-0.15, -0.1) is 5.10 Å². The Balaban J connectivity index is 1.75. The molecule has 8 nitrogen and oxygen atoms in total. The van der Waals surface area contributed by atoms with Crippen molar-refractivity contribution in [2.45, 2.75) is 13.3 Å². The standard InChI is InChI=1S/C19H18N4O4/c1-3-16(24)20-15-7-5-4-6-14(15)17(25)21-19-23-22-18(27-19)12-8-10-13(26-2)11-9-12/h4-11H,3H2,1-2H3,(H,20,24)(H,21,23,25). The average Bonchev–Trinajstić information content (AvgIpc) is 3.16. The molecule has 3 aromatic rings. The van der Waals surface area contributed by atoms with Crippen LogP contribution in [0.2, 0.25) is 0 Å². The topological polar surface area (TPSA) is 106 Å². The minimum absolute atomic E-state index is 0.0394. The number of benzene rings is 2. The Bertz CT molecular complexity index is 950. The first-order valence-corrected chi connectivity index (χ1v) is 8.29. The maximum atomic E-state index is 12.5. The van der Waals surface area contributed by atoms with Gasteiger partial charge in [-0.2, -0.15) is 0 Å². The van der Waals surface area contributed by atoms with Crippen molar-refractivity contribution in [1.29, 1.82) is 0 Å². The van der Waals surface area contributed by atoms with E-state index in [1.54, 1.807) is 62.6 Å². The molecule has 2 aromatic carbocycles. The number of aromatic nitrogens is 2. The quantitative estimate of drug-likeness (QED) is 0.693. The van der Waals surface area contributed by atoms with Crippen LogP contribution < -0.4 is 15.4 Å². The number of hydrogen-bond acceptors (Lipinski definition) is 6. The van der Waals surface area contributed by atoms with Crippen LogP contribution in [0.5, 0.6) is 5.75 Å². The molecular weight excluding hydrogens is 348 g/mol. The fraction of sp³-hybridized carbons (Fsp3) is 0.158. The highest BCUT2D eigenvalue weighted by Gasteiger charge is 2.16. The van der Waals surface area contributed by atoms with Crippen LogP contribution in [-0.2, 0) is 4.79 Å². The Kier molecular flexibility index (Phi) is 5.46. The zero-order chi connectivity index (χ0) is 19.2. The van der Waals surface area contributed by atoms with Gasteiger partial charge in [-0.3, -0.25) is 14.9 Å². The van der Waals surface area contributed by atoms with E-state index in [9.17, 15) is 9.59 Å². The third-order valence-electron chi connectivity index (χ3n) is 3.75. The van der Waals surface area contributed by atoms with Crippen LogP contribution in [0.25, 0.3) is 11.5 Å². The van der Waals surface area contributed by atoms with Crippen LogP contribution in [0.3, 0.4) is 0 Å². The van der Waals surface area contributed by atoms with E-state index in [0.29, 0.717) is 29.0 Å². The molecule has 3 rings (SSSR count). The number of nitrogens with zero attached hydrogens (tertiary/aromatic N) is 2. The third kappa shape index (κ3) is 4.30. The summed E-state index contributed by atoms with van der Waals surface area (Å²) in [6.45, 7) is 1.73. The smallest absolute Gasteiger partial charge is 0.322 e. The molecule has 2 amide bonds. The molecule has 0 saturated carbocycles. The monoisotopic (exact) mass is 366 g/mol. The molecule has 138 valence electrons. The van der Waals surface area contributed by atoms with Crippen molar-refractivity contribution in [2.75, 3.05) is 17.7 Å². The van der Waals surface area contributed by atoms with Gasteiger partial charge in [0.1, 0.15) is 5.75 Å². The van der Waals surface area contributed by atoms with Crippen molar-refractivity contribution in [3.63, 3.8) is 0 Å². The first-order chi connectivity index (χ1) is 13.1. The lowest BCUT2D eigenvalue weighted by molar-refractivity contribution is -0.115. The minimum Gasteiger partial charge on any atom is -0.497 e. The molecule has 0 unspecified atom stereocenters. The molecule has 0 radical (unpaired) electrons. The Morgan fingerprint density at radius 1 is 1.04 bits per heavy atom. The molecule has 0 atom stereocenters. The summed E-state index contributed by atoms with van der Waals surface area (Å²) >= 11 is 0. The summed E-state index contributed by atoms with van der Waals surface area (Å²) in [5, 5.41) is 13.0. The number of nitrogens with one attached hydrogen (secondary N) is 2. The van der Waals surface area contributed by atoms with E-state index in [4.69, 9.17) is 9.15 Å². The van der Waals surface area contributed by atoms with Gasteiger partial charge in [-0.1, -0.05) is 24.2 Å². The maximum Gasteiger partial charge on any atom is 0.322 e. The second kappa shape index (κ2) is 8.13. The van der Waals surface area contributed by atoms with Crippen molar-refractivity contribution in [3.05, 3.63) is 54.1 Å². The number of ether oxygens (including phenoxy) is 1. The second-order valence-corrected chi connectivity index (χ2v) is 5.54. The van der Waals surface area contributed by atoms with Gasteiger partial charge in [0, 0.05) is 12.0 Å². The van der Waals surface area contributed by atoms with Crippen LogP contribution in [0.1, 0.15) is 23.7 Å². The summed E-state index contributed by atoms with van der Waals surface area (Å²) in [4.78, 5) is 24.2. The van der Waals surface area contributed by atoms with Gasteiger partial charge in [0.2, 0.25) is 11.8 Å². The maximum absolute atomic E-state index is 12.5. The van der Waals surface area contributed by atoms with Crippen LogP contribution in [0, 0.1) is 0 Å². The first-order valence-electron chi connectivity index (χ1n) is 8.29. The molecule has 8 heteroatoms. The first kappa shape index (κ1) is 18.1. The molecule has 0 aliphatic rings. The summed E-state index contributed by atoms with van der Waals surface area (Å²) in [7, 11) is 1.58. The molecule has 0 spiro atoms. The van der Waals surface area contributed by atoms with E-state index in [0.717, 1.165) is 0 Å². The summed E-state index contributed by atoms with van der Waals surface area (Å²) in [5.74, 6) is 0.319. The highest BCUT2D eigenvalue weighted by Crippen LogP contribution is 2.23. The molecule has 2 N–H and O–H groups in total. The van der Waals surface area contributed by atoms with Crippen molar-refractivity contribution >= 4 is 23.5 Å². The third-order valence-corrected chi connectivity index (χ3v) is 3.75. The zero-order valence-electron chi connectivity index (χ0n) is 14.9. The minimum atomic E-state index is -0.466. The zero-order valence-corrected chi connectivity index (χ0v) is 14.9. The number of carbonyl (C=O) groups is 2. The highest BCUT2D eigenvalue weighted by molar-refractivity contribution is 6.09. The van der Waals surface area contributed by atoms with Crippen molar-refractivity contribution in [1.82, 2.24) is 10.2 Å². The number of para-hydroxylation sites is 1. The van der Waals surface area contributed by atoms with E-state index >= 15 is 0 Å². The van der Waals surface area contributed by atoms with Gasteiger partial charge in [-0.25, -0.2) is 0 Å². The highest BCUT2D eigenvalue weighted by atomic mass is 16.5. The normalized spacial score (nSPS) is 10.3. The van der Waals surface area contributed by atoms with E-state index in [2.05, 4.69) is 20.8 Å².